The van der Waals surface area contributed by atoms with Gasteiger partial charge in [0.2, 0.25) is 0 Å². The summed E-state index contributed by atoms with van der Waals surface area (Å²) in [5.74, 6) is -0.0691. The average Bonchev–Trinajstić information content (AvgIpc) is 2.99. The maximum Gasteiger partial charge on any atom is 0.256 e. The molecule has 3 rings (SSSR count). The predicted molar refractivity (Wildman–Crippen MR) is 71.8 cm³/mol. The minimum Gasteiger partial charge on any atom is -0.398 e. The molecule has 2 aliphatic heterocycles. The van der Waals surface area contributed by atoms with Crippen LogP contribution in [0.5, 0.6) is 0 Å². The van der Waals surface area contributed by atoms with Gasteiger partial charge in [0.1, 0.15) is 0 Å². The lowest BCUT2D eigenvalue weighted by atomic mass is 10.0. The molecule has 0 aromatic heterocycles. The number of benzene rings is 1. The lowest BCUT2D eigenvalue weighted by Crippen LogP contribution is -2.28. The summed E-state index contributed by atoms with van der Waals surface area (Å²) in [7, 11) is 1.73. The zero-order valence-corrected chi connectivity index (χ0v) is 11.0. The van der Waals surface area contributed by atoms with Gasteiger partial charge < -0.3 is 15.5 Å². The van der Waals surface area contributed by atoms with E-state index in [9.17, 15) is 9.59 Å². The molecular weight excluding hydrogens is 242 g/mol. The number of carbonyl (C=O) groups excluding carboxylic acids is 2. The maximum atomic E-state index is 12.5. The summed E-state index contributed by atoms with van der Waals surface area (Å²) in [6, 6.07) is 3.42. The van der Waals surface area contributed by atoms with Crippen LogP contribution < -0.4 is 5.73 Å². The van der Waals surface area contributed by atoms with E-state index in [0.29, 0.717) is 23.4 Å². The number of hydrogen-bond donors (Lipinski definition) is 1. The SMILES string of the molecule is CN1Cc2c(C(=O)N3CCCC3)ccc(N)c2C1=O. The van der Waals surface area contributed by atoms with Crippen LogP contribution in [0.25, 0.3) is 0 Å². The molecule has 2 aliphatic rings. The van der Waals surface area contributed by atoms with E-state index < -0.39 is 0 Å². The lowest BCUT2D eigenvalue weighted by molar-refractivity contribution is 0.0785. The standard InChI is InChI=1S/C14H17N3O2/c1-16-8-10-9(13(18)17-6-2-3-7-17)4-5-11(15)12(10)14(16)19/h4-5H,2-3,6-8,15H2,1H3. The largest absolute Gasteiger partial charge is 0.398 e. The first-order valence-electron chi connectivity index (χ1n) is 6.55. The topological polar surface area (TPSA) is 66.6 Å². The number of anilines is 1. The van der Waals surface area contributed by atoms with Crippen molar-refractivity contribution in [3.8, 4) is 0 Å². The first kappa shape index (κ1) is 12.0. The molecule has 0 unspecified atom stereocenters. The van der Waals surface area contributed by atoms with Gasteiger partial charge in [-0.1, -0.05) is 0 Å². The lowest BCUT2D eigenvalue weighted by Gasteiger charge is -2.17. The summed E-state index contributed by atoms with van der Waals surface area (Å²) < 4.78 is 0. The smallest absolute Gasteiger partial charge is 0.256 e. The Morgan fingerprint density at radius 2 is 1.95 bits per heavy atom. The van der Waals surface area contributed by atoms with Crippen molar-refractivity contribution in [2.45, 2.75) is 19.4 Å². The van der Waals surface area contributed by atoms with Crippen LogP contribution in [0.15, 0.2) is 12.1 Å². The molecule has 1 saturated heterocycles. The van der Waals surface area contributed by atoms with Crippen LogP contribution in [0.3, 0.4) is 0 Å². The predicted octanol–water partition coefficient (Wildman–Crippen LogP) is 1.09. The molecule has 1 fully saturated rings. The second-order valence-corrected chi connectivity index (χ2v) is 5.22. The molecule has 0 bridgehead atoms. The fraction of sp³-hybridized carbons (Fsp3) is 0.429. The summed E-state index contributed by atoms with van der Waals surface area (Å²) >= 11 is 0. The minimum absolute atomic E-state index is 0.0249. The molecule has 2 N–H and O–H groups in total. The highest BCUT2D eigenvalue weighted by atomic mass is 16.2. The third kappa shape index (κ3) is 1.77. The van der Waals surface area contributed by atoms with Gasteiger partial charge >= 0.3 is 0 Å². The molecule has 5 nitrogen and oxygen atoms in total. The van der Waals surface area contributed by atoms with Crippen LogP contribution in [-0.4, -0.2) is 41.8 Å². The number of nitrogen functional groups attached to an aromatic ring is 1. The average molecular weight is 259 g/mol. The van der Waals surface area contributed by atoms with Gasteiger partial charge in [-0.3, -0.25) is 9.59 Å². The van der Waals surface area contributed by atoms with Gasteiger partial charge in [-0.05, 0) is 30.5 Å². The first-order valence-corrected chi connectivity index (χ1v) is 6.55. The van der Waals surface area contributed by atoms with Crippen LogP contribution in [-0.2, 0) is 6.54 Å². The zero-order chi connectivity index (χ0) is 13.6. The van der Waals surface area contributed by atoms with E-state index in [4.69, 9.17) is 5.73 Å². The number of amides is 2. The molecule has 0 atom stereocenters. The van der Waals surface area contributed by atoms with Crippen molar-refractivity contribution in [2.24, 2.45) is 0 Å². The fourth-order valence-electron chi connectivity index (χ4n) is 2.87. The van der Waals surface area contributed by atoms with Gasteiger partial charge in [0.15, 0.2) is 0 Å². The molecule has 0 saturated carbocycles. The highest BCUT2D eigenvalue weighted by Crippen LogP contribution is 2.30. The van der Waals surface area contributed by atoms with Gasteiger partial charge in [0, 0.05) is 37.9 Å². The highest BCUT2D eigenvalue weighted by molar-refractivity contribution is 6.07. The number of nitrogens with zero attached hydrogens (tertiary/aromatic N) is 2. The van der Waals surface area contributed by atoms with Gasteiger partial charge in [-0.2, -0.15) is 0 Å². The van der Waals surface area contributed by atoms with Crippen molar-refractivity contribution in [1.29, 1.82) is 0 Å². The van der Waals surface area contributed by atoms with Crippen LogP contribution in [0, 0.1) is 0 Å². The van der Waals surface area contributed by atoms with Crippen molar-refractivity contribution in [1.82, 2.24) is 9.80 Å². The van der Waals surface area contributed by atoms with Crippen LogP contribution >= 0.6 is 0 Å². The van der Waals surface area contributed by atoms with Crippen LogP contribution in [0.2, 0.25) is 0 Å². The number of nitrogens with two attached hydrogens (primary N) is 1. The van der Waals surface area contributed by atoms with Gasteiger partial charge in [-0.25, -0.2) is 0 Å². The first-order chi connectivity index (χ1) is 9.09. The Kier molecular flexibility index (Phi) is 2.69. The van der Waals surface area contributed by atoms with E-state index in [0.717, 1.165) is 31.5 Å². The molecule has 2 heterocycles. The summed E-state index contributed by atoms with van der Waals surface area (Å²) in [6.07, 6.45) is 2.11. The van der Waals surface area contributed by atoms with Crippen molar-refractivity contribution in [3.63, 3.8) is 0 Å². The van der Waals surface area contributed by atoms with E-state index in [2.05, 4.69) is 0 Å². The molecule has 0 aliphatic carbocycles. The molecule has 5 heteroatoms. The van der Waals surface area contributed by atoms with Gasteiger partial charge in [0.05, 0.1) is 5.56 Å². The number of carbonyl (C=O) groups is 2. The number of fused-ring (bicyclic) bond motifs is 1. The summed E-state index contributed by atoms with van der Waals surface area (Å²) in [4.78, 5) is 28.0. The Bertz CT molecular complexity index is 562. The fourth-order valence-corrected chi connectivity index (χ4v) is 2.87. The van der Waals surface area contributed by atoms with E-state index in [-0.39, 0.29) is 11.8 Å². The Morgan fingerprint density at radius 1 is 1.26 bits per heavy atom. The number of rotatable bonds is 1. The summed E-state index contributed by atoms with van der Waals surface area (Å²) in [5, 5.41) is 0. The second kappa shape index (κ2) is 4.26. The van der Waals surface area contributed by atoms with E-state index >= 15 is 0 Å². The van der Waals surface area contributed by atoms with Crippen molar-refractivity contribution in [2.75, 3.05) is 25.9 Å². The molecule has 0 spiro atoms. The quantitative estimate of drug-likeness (QED) is 0.768. The molecule has 2 amide bonds. The molecule has 1 aromatic rings. The molecule has 0 radical (unpaired) electrons. The summed E-state index contributed by atoms with van der Waals surface area (Å²) in [6.45, 7) is 2.08. The van der Waals surface area contributed by atoms with E-state index in [1.807, 2.05) is 4.90 Å². The third-order valence-corrected chi connectivity index (χ3v) is 3.92. The Labute approximate surface area is 112 Å². The maximum absolute atomic E-state index is 12.5. The number of likely N-dealkylation sites (tertiary alicyclic amines) is 1. The molecule has 100 valence electrons. The minimum atomic E-state index is -0.0939. The zero-order valence-electron chi connectivity index (χ0n) is 11.0. The molecule has 19 heavy (non-hydrogen) atoms. The van der Waals surface area contributed by atoms with E-state index in [1.165, 1.54) is 0 Å². The van der Waals surface area contributed by atoms with Crippen LogP contribution in [0.1, 0.15) is 39.1 Å². The molecular formula is C14H17N3O2. The van der Waals surface area contributed by atoms with Gasteiger partial charge in [-0.15, -0.1) is 0 Å². The Hall–Kier alpha value is -2.04. The van der Waals surface area contributed by atoms with Crippen molar-refractivity contribution < 1.29 is 9.59 Å². The Balaban J connectivity index is 2.04. The number of hydrogen-bond acceptors (Lipinski definition) is 3. The van der Waals surface area contributed by atoms with Crippen LogP contribution in [0.4, 0.5) is 5.69 Å². The Morgan fingerprint density at radius 3 is 2.63 bits per heavy atom. The monoisotopic (exact) mass is 259 g/mol. The van der Waals surface area contributed by atoms with E-state index in [1.54, 1.807) is 24.1 Å². The normalized spacial score (nSPS) is 18.1. The third-order valence-electron chi connectivity index (χ3n) is 3.92. The van der Waals surface area contributed by atoms with Gasteiger partial charge in [0.25, 0.3) is 11.8 Å². The highest BCUT2D eigenvalue weighted by Gasteiger charge is 2.32. The summed E-state index contributed by atoms with van der Waals surface area (Å²) in [5.41, 5.74) is 8.25. The van der Waals surface area contributed by atoms with Crippen molar-refractivity contribution >= 4 is 17.5 Å². The second-order valence-electron chi connectivity index (χ2n) is 5.22. The van der Waals surface area contributed by atoms with Crippen molar-refractivity contribution in [3.05, 3.63) is 28.8 Å². The molecule has 1 aromatic carbocycles.